The van der Waals surface area contributed by atoms with Crippen LogP contribution >= 0.6 is 0 Å². The van der Waals surface area contributed by atoms with Crippen LogP contribution in [0.25, 0.3) is 0 Å². The molecule has 2 aliphatic rings. The highest BCUT2D eigenvalue weighted by atomic mass is 16.2. The molecule has 2 N–H and O–H groups in total. The molecular formula is C11H15N5O. The third-order valence-corrected chi connectivity index (χ3v) is 3.63. The summed E-state index contributed by atoms with van der Waals surface area (Å²) in [6.45, 7) is 3.36. The summed E-state index contributed by atoms with van der Waals surface area (Å²) in [5.41, 5.74) is 5.30. The standard InChI is InChI=1S/C11H15N5O/c12-10(17)15-4-8-6-16(7-9(8)5-15)11-13-2-1-3-14-11/h1-3,8-9H,4-7H2,(H2,12,17). The number of nitrogens with two attached hydrogens (primary N) is 1. The lowest BCUT2D eigenvalue weighted by Gasteiger charge is -2.20. The SMILES string of the molecule is NC(=O)N1CC2CN(c3ncccn3)CC2C1. The molecule has 3 heterocycles. The van der Waals surface area contributed by atoms with Crippen molar-refractivity contribution in [2.45, 2.75) is 0 Å². The summed E-state index contributed by atoms with van der Waals surface area (Å²) < 4.78 is 0. The minimum atomic E-state index is -0.304. The van der Waals surface area contributed by atoms with Crippen LogP contribution in [0.5, 0.6) is 0 Å². The maximum absolute atomic E-state index is 11.1. The van der Waals surface area contributed by atoms with Crippen LogP contribution in [0.2, 0.25) is 0 Å². The molecule has 2 amide bonds. The number of primary amides is 1. The van der Waals surface area contributed by atoms with Gasteiger partial charge < -0.3 is 15.5 Å². The van der Waals surface area contributed by atoms with Crippen LogP contribution in [-0.4, -0.2) is 47.1 Å². The maximum Gasteiger partial charge on any atom is 0.314 e. The molecular weight excluding hydrogens is 218 g/mol. The van der Waals surface area contributed by atoms with Gasteiger partial charge in [-0.15, -0.1) is 0 Å². The molecule has 0 aromatic carbocycles. The van der Waals surface area contributed by atoms with Gasteiger partial charge in [0.2, 0.25) is 5.95 Å². The van der Waals surface area contributed by atoms with E-state index in [9.17, 15) is 4.79 Å². The van der Waals surface area contributed by atoms with E-state index in [2.05, 4.69) is 14.9 Å². The Balaban J connectivity index is 1.68. The molecule has 2 atom stereocenters. The average Bonchev–Trinajstić information content (AvgIpc) is 2.87. The molecule has 90 valence electrons. The first-order valence-corrected chi connectivity index (χ1v) is 5.80. The molecule has 17 heavy (non-hydrogen) atoms. The van der Waals surface area contributed by atoms with Gasteiger partial charge in [-0.3, -0.25) is 0 Å². The van der Waals surface area contributed by atoms with E-state index in [1.807, 2.05) is 6.07 Å². The number of nitrogens with zero attached hydrogens (tertiary/aromatic N) is 4. The Morgan fingerprint density at radius 1 is 1.18 bits per heavy atom. The second-order valence-corrected chi connectivity index (χ2v) is 4.72. The van der Waals surface area contributed by atoms with E-state index in [1.54, 1.807) is 17.3 Å². The molecule has 2 fully saturated rings. The molecule has 2 saturated heterocycles. The lowest BCUT2D eigenvalue weighted by Crippen LogP contribution is -2.36. The number of likely N-dealkylation sites (tertiary alicyclic amines) is 1. The zero-order valence-electron chi connectivity index (χ0n) is 9.49. The minimum Gasteiger partial charge on any atom is -0.351 e. The van der Waals surface area contributed by atoms with Crippen molar-refractivity contribution >= 4 is 12.0 Å². The average molecular weight is 233 g/mol. The number of amides is 2. The van der Waals surface area contributed by atoms with Crippen molar-refractivity contribution in [1.29, 1.82) is 0 Å². The van der Waals surface area contributed by atoms with Gasteiger partial charge in [-0.25, -0.2) is 14.8 Å². The van der Waals surface area contributed by atoms with Crippen molar-refractivity contribution in [3.63, 3.8) is 0 Å². The highest BCUT2D eigenvalue weighted by molar-refractivity contribution is 5.72. The Bertz CT molecular complexity index is 409. The van der Waals surface area contributed by atoms with Gasteiger partial charge in [0, 0.05) is 50.4 Å². The summed E-state index contributed by atoms with van der Waals surface area (Å²) in [4.78, 5) is 23.5. The number of anilines is 1. The third kappa shape index (κ3) is 1.79. The molecule has 2 unspecified atom stereocenters. The zero-order valence-corrected chi connectivity index (χ0v) is 9.49. The fraction of sp³-hybridized carbons (Fsp3) is 0.545. The van der Waals surface area contributed by atoms with Crippen molar-refractivity contribution in [2.24, 2.45) is 17.6 Å². The van der Waals surface area contributed by atoms with E-state index < -0.39 is 0 Å². The van der Waals surface area contributed by atoms with Crippen molar-refractivity contribution in [2.75, 3.05) is 31.1 Å². The van der Waals surface area contributed by atoms with E-state index in [-0.39, 0.29) is 6.03 Å². The molecule has 6 nitrogen and oxygen atoms in total. The summed E-state index contributed by atoms with van der Waals surface area (Å²) >= 11 is 0. The van der Waals surface area contributed by atoms with Crippen molar-refractivity contribution in [3.05, 3.63) is 18.5 Å². The van der Waals surface area contributed by atoms with Crippen LogP contribution < -0.4 is 10.6 Å². The van der Waals surface area contributed by atoms with E-state index in [0.717, 1.165) is 32.1 Å². The van der Waals surface area contributed by atoms with Gasteiger partial charge in [0.15, 0.2) is 0 Å². The number of hydrogen-bond donors (Lipinski definition) is 1. The Morgan fingerprint density at radius 2 is 1.76 bits per heavy atom. The number of rotatable bonds is 1. The monoisotopic (exact) mass is 233 g/mol. The fourth-order valence-electron chi connectivity index (χ4n) is 2.79. The van der Waals surface area contributed by atoms with Crippen LogP contribution in [0.4, 0.5) is 10.7 Å². The van der Waals surface area contributed by atoms with Gasteiger partial charge in [-0.1, -0.05) is 0 Å². The molecule has 6 heteroatoms. The van der Waals surface area contributed by atoms with Crippen LogP contribution in [0.1, 0.15) is 0 Å². The van der Waals surface area contributed by atoms with Gasteiger partial charge in [0.25, 0.3) is 0 Å². The Hall–Kier alpha value is -1.85. The summed E-state index contributed by atoms with van der Waals surface area (Å²) in [5, 5.41) is 0. The molecule has 0 saturated carbocycles. The Morgan fingerprint density at radius 3 is 2.29 bits per heavy atom. The predicted octanol–water partition coefficient (Wildman–Crippen LogP) is -0.0767. The van der Waals surface area contributed by atoms with E-state index in [4.69, 9.17) is 5.73 Å². The zero-order chi connectivity index (χ0) is 11.8. The highest BCUT2D eigenvalue weighted by Crippen LogP contribution is 2.32. The van der Waals surface area contributed by atoms with Crippen LogP contribution in [0.15, 0.2) is 18.5 Å². The van der Waals surface area contributed by atoms with E-state index in [0.29, 0.717) is 11.8 Å². The smallest absolute Gasteiger partial charge is 0.314 e. The number of hydrogen-bond acceptors (Lipinski definition) is 4. The van der Waals surface area contributed by atoms with Gasteiger partial charge >= 0.3 is 6.03 Å². The van der Waals surface area contributed by atoms with Gasteiger partial charge in [0.1, 0.15) is 0 Å². The summed E-state index contributed by atoms with van der Waals surface area (Å²) in [7, 11) is 0. The molecule has 0 bridgehead atoms. The second kappa shape index (κ2) is 3.87. The van der Waals surface area contributed by atoms with Gasteiger partial charge in [-0.05, 0) is 6.07 Å². The summed E-state index contributed by atoms with van der Waals surface area (Å²) in [5.74, 6) is 1.80. The minimum absolute atomic E-state index is 0.304. The molecule has 3 rings (SSSR count). The second-order valence-electron chi connectivity index (χ2n) is 4.72. The highest BCUT2D eigenvalue weighted by Gasteiger charge is 2.41. The van der Waals surface area contributed by atoms with E-state index >= 15 is 0 Å². The van der Waals surface area contributed by atoms with Crippen molar-refractivity contribution in [3.8, 4) is 0 Å². The molecule has 1 aromatic heterocycles. The normalized spacial score (nSPS) is 27.3. The number of aromatic nitrogens is 2. The first-order chi connectivity index (χ1) is 8.24. The molecule has 0 aliphatic carbocycles. The van der Waals surface area contributed by atoms with Gasteiger partial charge in [-0.2, -0.15) is 0 Å². The van der Waals surface area contributed by atoms with Crippen molar-refractivity contribution in [1.82, 2.24) is 14.9 Å². The molecule has 0 spiro atoms. The summed E-state index contributed by atoms with van der Waals surface area (Å²) in [6, 6.07) is 1.51. The van der Waals surface area contributed by atoms with Crippen molar-refractivity contribution < 1.29 is 4.79 Å². The lowest BCUT2D eigenvalue weighted by atomic mass is 10.0. The lowest BCUT2D eigenvalue weighted by molar-refractivity contribution is 0.215. The summed E-state index contributed by atoms with van der Waals surface area (Å²) in [6.07, 6.45) is 3.51. The van der Waals surface area contributed by atoms with E-state index in [1.165, 1.54) is 0 Å². The predicted molar refractivity (Wildman–Crippen MR) is 62.4 cm³/mol. The van der Waals surface area contributed by atoms with Crippen LogP contribution in [0, 0.1) is 11.8 Å². The Labute approximate surface area is 99.4 Å². The topological polar surface area (TPSA) is 75.4 Å². The van der Waals surface area contributed by atoms with Crippen LogP contribution in [0.3, 0.4) is 0 Å². The first kappa shape index (κ1) is 10.3. The number of fused-ring (bicyclic) bond motifs is 1. The number of urea groups is 1. The number of carbonyl (C=O) groups excluding carboxylic acids is 1. The third-order valence-electron chi connectivity index (χ3n) is 3.63. The fourth-order valence-corrected chi connectivity index (χ4v) is 2.79. The van der Waals surface area contributed by atoms with Gasteiger partial charge in [0.05, 0.1) is 0 Å². The maximum atomic E-state index is 11.1. The Kier molecular flexibility index (Phi) is 2.35. The first-order valence-electron chi connectivity index (χ1n) is 5.80. The quantitative estimate of drug-likeness (QED) is 0.736. The molecule has 2 aliphatic heterocycles. The molecule has 0 radical (unpaired) electrons. The largest absolute Gasteiger partial charge is 0.351 e. The van der Waals surface area contributed by atoms with Crippen LogP contribution in [-0.2, 0) is 0 Å². The number of carbonyl (C=O) groups is 1. The molecule has 1 aromatic rings.